The molecule has 25 heavy (non-hydrogen) atoms. The van der Waals surface area contributed by atoms with Gasteiger partial charge in [0.05, 0.1) is 10.3 Å². The smallest absolute Gasteiger partial charge is 0.287 e. The first kappa shape index (κ1) is 16.2. The minimum absolute atomic E-state index is 0.0335. The number of pyridine rings is 1. The molecule has 0 fully saturated rings. The molecule has 3 aromatic rings. The van der Waals surface area contributed by atoms with Crippen LogP contribution in [0.25, 0.3) is 10.2 Å². The van der Waals surface area contributed by atoms with Crippen molar-refractivity contribution >= 4 is 39.0 Å². The molecule has 0 spiro atoms. The molecule has 9 heteroatoms. The van der Waals surface area contributed by atoms with E-state index in [1.54, 1.807) is 24.5 Å². The summed E-state index contributed by atoms with van der Waals surface area (Å²) < 4.78 is 1.54. The van der Waals surface area contributed by atoms with Gasteiger partial charge in [0, 0.05) is 18.0 Å². The molecular weight excluding hydrogens is 360 g/mol. The van der Waals surface area contributed by atoms with Crippen LogP contribution in [0.15, 0.2) is 33.3 Å². The zero-order valence-corrected chi connectivity index (χ0v) is 15.0. The van der Waals surface area contributed by atoms with Crippen molar-refractivity contribution in [3.05, 3.63) is 49.2 Å². The Hall–Kier alpha value is -2.26. The molecule has 3 heterocycles. The molecule has 0 unspecified atom stereocenters. The Morgan fingerprint density at radius 1 is 1.32 bits per heavy atom. The highest BCUT2D eigenvalue weighted by atomic mass is 32.2. The van der Waals surface area contributed by atoms with Gasteiger partial charge in [-0.15, -0.1) is 11.3 Å². The van der Waals surface area contributed by atoms with Gasteiger partial charge in [-0.05, 0) is 49.1 Å². The minimum atomic E-state index is -0.488. The van der Waals surface area contributed by atoms with Gasteiger partial charge in [0.2, 0.25) is 0 Å². The Morgan fingerprint density at radius 3 is 2.84 bits per heavy atom. The van der Waals surface area contributed by atoms with E-state index < -0.39 is 4.92 Å². The van der Waals surface area contributed by atoms with Gasteiger partial charge in [-0.2, -0.15) is 0 Å². The highest BCUT2D eigenvalue weighted by Gasteiger charge is 2.21. The topological polar surface area (TPSA) is 90.9 Å². The van der Waals surface area contributed by atoms with Crippen molar-refractivity contribution < 1.29 is 4.92 Å². The predicted molar refractivity (Wildman–Crippen MR) is 96.5 cm³/mol. The minimum Gasteiger partial charge on any atom is -0.290 e. The molecule has 1 aliphatic rings. The van der Waals surface area contributed by atoms with Crippen LogP contribution >= 0.6 is 23.1 Å². The maximum Gasteiger partial charge on any atom is 0.287 e. The van der Waals surface area contributed by atoms with Gasteiger partial charge in [0.1, 0.15) is 16.1 Å². The number of thiophene rings is 1. The SMILES string of the molecule is Cn1c(Sc2ccc([N+](=O)[O-])cn2)nc2sc3c(c2c1=O)CCCC3. The van der Waals surface area contributed by atoms with E-state index in [-0.39, 0.29) is 11.2 Å². The largest absolute Gasteiger partial charge is 0.290 e. The van der Waals surface area contributed by atoms with E-state index in [2.05, 4.69) is 9.97 Å². The fraction of sp³-hybridized carbons (Fsp3) is 0.312. The van der Waals surface area contributed by atoms with E-state index in [0.717, 1.165) is 35.9 Å². The number of nitrogens with zero attached hydrogens (tertiary/aromatic N) is 4. The van der Waals surface area contributed by atoms with Gasteiger partial charge in [-0.25, -0.2) is 9.97 Å². The fourth-order valence-electron chi connectivity index (χ4n) is 2.99. The number of aryl methyl sites for hydroxylation is 2. The van der Waals surface area contributed by atoms with Crippen molar-refractivity contribution in [1.82, 2.24) is 14.5 Å². The van der Waals surface area contributed by atoms with Crippen LogP contribution in [0.2, 0.25) is 0 Å². The van der Waals surface area contributed by atoms with Crippen molar-refractivity contribution in [3.8, 4) is 0 Å². The van der Waals surface area contributed by atoms with E-state index >= 15 is 0 Å². The lowest BCUT2D eigenvalue weighted by atomic mass is 9.97. The van der Waals surface area contributed by atoms with E-state index in [9.17, 15) is 14.9 Å². The van der Waals surface area contributed by atoms with Crippen LogP contribution in [-0.2, 0) is 19.9 Å². The van der Waals surface area contributed by atoms with Gasteiger partial charge in [0.25, 0.3) is 11.2 Å². The van der Waals surface area contributed by atoms with Gasteiger partial charge in [-0.1, -0.05) is 0 Å². The molecule has 0 radical (unpaired) electrons. The molecule has 0 saturated heterocycles. The average Bonchev–Trinajstić information content (AvgIpc) is 2.98. The second-order valence-corrected chi connectivity index (χ2v) is 7.93. The summed E-state index contributed by atoms with van der Waals surface area (Å²) >= 11 is 2.84. The summed E-state index contributed by atoms with van der Waals surface area (Å²) in [5, 5.41) is 12.6. The summed E-state index contributed by atoms with van der Waals surface area (Å²) in [6, 6.07) is 2.97. The Kier molecular flexibility index (Phi) is 4.04. The van der Waals surface area contributed by atoms with Crippen LogP contribution in [0.4, 0.5) is 5.69 Å². The van der Waals surface area contributed by atoms with E-state index in [4.69, 9.17) is 0 Å². The molecular formula is C16H14N4O3S2. The molecule has 0 atom stereocenters. The molecule has 128 valence electrons. The molecule has 0 saturated carbocycles. The van der Waals surface area contributed by atoms with Crippen LogP contribution in [-0.4, -0.2) is 19.5 Å². The van der Waals surface area contributed by atoms with Crippen molar-refractivity contribution in [1.29, 1.82) is 0 Å². The summed E-state index contributed by atoms with van der Waals surface area (Å²) in [6.07, 6.45) is 5.46. The molecule has 0 bridgehead atoms. The number of hydrogen-bond donors (Lipinski definition) is 0. The molecule has 4 rings (SSSR count). The van der Waals surface area contributed by atoms with Crippen molar-refractivity contribution in [2.24, 2.45) is 7.05 Å². The Balaban J connectivity index is 1.76. The quantitative estimate of drug-likeness (QED) is 0.397. The normalized spacial score (nSPS) is 13.8. The second kappa shape index (κ2) is 6.23. The summed E-state index contributed by atoms with van der Waals surface area (Å²) in [5.74, 6) is 0. The first-order valence-corrected chi connectivity index (χ1v) is 9.47. The van der Waals surface area contributed by atoms with Crippen LogP contribution < -0.4 is 5.56 Å². The Morgan fingerprint density at radius 2 is 2.12 bits per heavy atom. The second-order valence-electron chi connectivity index (χ2n) is 5.86. The fourth-order valence-corrected chi connectivity index (χ4v) is 5.09. The third-order valence-electron chi connectivity index (χ3n) is 4.28. The lowest BCUT2D eigenvalue weighted by Crippen LogP contribution is -2.20. The maximum atomic E-state index is 12.8. The van der Waals surface area contributed by atoms with Crippen LogP contribution in [0, 0.1) is 10.1 Å². The molecule has 7 nitrogen and oxygen atoms in total. The van der Waals surface area contributed by atoms with Gasteiger partial charge >= 0.3 is 0 Å². The lowest BCUT2D eigenvalue weighted by molar-refractivity contribution is -0.385. The standard InChI is InChI=1S/C16H14N4O3S2/c1-19-15(21)13-10-4-2-3-5-11(10)24-14(13)18-16(19)25-12-7-6-9(8-17-12)20(22)23/h6-8H,2-5H2,1H3. The molecule has 3 aromatic heterocycles. The summed E-state index contributed by atoms with van der Waals surface area (Å²) in [6.45, 7) is 0. The first-order chi connectivity index (χ1) is 12.0. The number of nitro groups is 1. The van der Waals surface area contributed by atoms with Crippen molar-refractivity contribution in [3.63, 3.8) is 0 Å². The van der Waals surface area contributed by atoms with E-state index in [1.165, 1.54) is 39.0 Å². The zero-order valence-electron chi connectivity index (χ0n) is 13.4. The van der Waals surface area contributed by atoms with E-state index in [0.29, 0.717) is 10.2 Å². The van der Waals surface area contributed by atoms with E-state index in [1.807, 2.05) is 0 Å². The lowest BCUT2D eigenvalue weighted by Gasteiger charge is -2.10. The van der Waals surface area contributed by atoms with Crippen LogP contribution in [0.1, 0.15) is 23.3 Å². The zero-order chi connectivity index (χ0) is 17.6. The van der Waals surface area contributed by atoms with Crippen molar-refractivity contribution in [2.75, 3.05) is 0 Å². The highest BCUT2D eigenvalue weighted by Crippen LogP contribution is 2.35. The average molecular weight is 374 g/mol. The van der Waals surface area contributed by atoms with Crippen LogP contribution in [0.5, 0.6) is 0 Å². The van der Waals surface area contributed by atoms with Crippen LogP contribution in [0.3, 0.4) is 0 Å². The monoisotopic (exact) mass is 374 g/mol. The third-order valence-corrected chi connectivity index (χ3v) is 6.47. The molecule has 0 amide bonds. The molecule has 0 N–H and O–H groups in total. The molecule has 0 aliphatic heterocycles. The summed E-state index contributed by atoms with van der Waals surface area (Å²) in [4.78, 5) is 33.8. The molecule has 1 aliphatic carbocycles. The maximum absolute atomic E-state index is 12.8. The first-order valence-electron chi connectivity index (χ1n) is 7.84. The molecule has 0 aromatic carbocycles. The number of rotatable bonds is 3. The van der Waals surface area contributed by atoms with Gasteiger partial charge < -0.3 is 0 Å². The van der Waals surface area contributed by atoms with Gasteiger partial charge in [0.15, 0.2) is 5.16 Å². The summed E-state index contributed by atoms with van der Waals surface area (Å²) in [5.41, 5.74) is 1.07. The van der Waals surface area contributed by atoms with Gasteiger partial charge in [-0.3, -0.25) is 19.5 Å². The Bertz CT molecular complexity index is 1040. The van der Waals surface area contributed by atoms with Crippen molar-refractivity contribution in [2.45, 2.75) is 35.9 Å². The Labute approximate surface area is 150 Å². The number of aromatic nitrogens is 3. The predicted octanol–water partition coefficient (Wildman–Crippen LogP) is 3.33. The highest BCUT2D eigenvalue weighted by molar-refractivity contribution is 7.99. The number of fused-ring (bicyclic) bond motifs is 3. The third kappa shape index (κ3) is 2.83. The summed E-state index contributed by atoms with van der Waals surface area (Å²) in [7, 11) is 1.70. The number of hydrogen-bond acceptors (Lipinski definition) is 7.